The van der Waals surface area contributed by atoms with E-state index < -0.39 is 65.0 Å². The third-order valence-corrected chi connectivity index (χ3v) is 8.37. The van der Waals surface area contributed by atoms with E-state index in [4.69, 9.17) is 9.47 Å². The number of nitrogens with zero attached hydrogens (tertiary/aromatic N) is 3. The fourth-order valence-electron chi connectivity index (χ4n) is 5.59. The van der Waals surface area contributed by atoms with E-state index >= 15 is 0 Å². The summed E-state index contributed by atoms with van der Waals surface area (Å²) >= 11 is 0. The van der Waals surface area contributed by atoms with Gasteiger partial charge in [0.25, 0.3) is 11.8 Å². The predicted octanol–water partition coefficient (Wildman–Crippen LogP) is 1.84. The number of aliphatic imine (C=N–C) groups is 2. The van der Waals surface area contributed by atoms with Crippen LogP contribution >= 0.6 is 0 Å². The van der Waals surface area contributed by atoms with Gasteiger partial charge < -0.3 is 55.6 Å². The molecule has 2 aliphatic heterocycles. The zero-order valence-corrected chi connectivity index (χ0v) is 27.8. The zero-order valence-electron chi connectivity index (χ0n) is 27.8. The van der Waals surface area contributed by atoms with E-state index in [-0.39, 0.29) is 66.2 Å². The van der Waals surface area contributed by atoms with Crippen LogP contribution in [0.4, 0.5) is 0 Å². The lowest BCUT2D eigenvalue weighted by atomic mass is 10.1. The maximum atomic E-state index is 13.8. The predicted molar refractivity (Wildman–Crippen MR) is 182 cm³/mol. The van der Waals surface area contributed by atoms with Crippen molar-refractivity contribution in [3.63, 3.8) is 0 Å². The topological polar surface area (TPSA) is 243 Å². The van der Waals surface area contributed by atoms with Crippen molar-refractivity contribution in [1.82, 2.24) is 15.5 Å². The van der Waals surface area contributed by atoms with E-state index in [0.717, 1.165) is 0 Å². The van der Waals surface area contributed by atoms with E-state index in [0.29, 0.717) is 12.8 Å². The van der Waals surface area contributed by atoms with Crippen molar-refractivity contribution in [3.05, 3.63) is 71.3 Å². The van der Waals surface area contributed by atoms with Crippen LogP contribution in [0.15, 0.2) is 64.6 Å². The Hall–Kier alpha value is -6.19. The molecule has 0 bridgehead atoms. The van der Waals surface area contributed by atoms with Crippen LogP contribution in [0, 0.1) is 0 Å². The second-order valence-corrected chi connectivity index (χ2v) is 12.0. The number of rotatable bonds is 13. The number of amides is 3. The van der Waals surface area contributed by atoms with Crippen molar-refractivity contribution in [2.45, 2.75) is 51.0 Å². The van der Waals surface area contributed by atoms with Crippen LogP contribution in [-0.4, -0.2) is 116 Å². The van der Waals surface area contributed by atoms with Gasteiger partial charge in [0.15, 0.2) is 46.6 Å². The van der Waals surface area contributed by atoms with Gasteiger partial charge in [-0.15, -0.1) is 0 Å². The summed E-state index contributed by atoms with van der Waals surface area (Å²) < 4.78 is 11.5. The van der Waals surface area contributed by atoms with E-state index in [1.807, 2.05) is 0 Å². The van der Waals surface area contributed by atoms with Gasteiger partial charge >= 0.3 is 0 Å². The monoisotopic (exact) mass is 705 g/mol. The normalized spacial score (nSPS) is 19.3. The highest BCUT2D eigenvalue weighted by molar-refractivity contribution is 6.02. The quantitative estimate of drug-likeness (QED) is 0.0942. The summed E-state index contributed by atoms with van der Waals surface area (Å²) in [6, 6.07) is 10.7. The average molecular weight is 706 g/mol. The summed E-state index contributed by atoms with van der Waals surface area (Å²) in [6.45, 7) is 3.91. The number of nitrogens with one attached hydrogen (secondary N) is 2. The molecule has 51 heavy (non-hydrogen) atoms. The summed E-state index contributed by atoms with van der Waals surface area (Å²) in [5, 5.41) is 65.4. The molecule has 0 fully saturated rings. The molecule has 0 radical (unpaired) electrons. The highest BCUT2D eigenvalue weighted by Crippen LogP contribution is 2.33. The van der Waals surface area contributed by atoms with Gasteiger partial charge in [-0.25, -0.2) is 9.98 Å². The molecule has 16 heteroatoms. The minimum Gasteiger partial charge on any atom is -0.504 e. The van der Waals surface area contributed by atoms with E-state index in [9.17, 15) is 45.0 Å². The number of phenols is 6. The molecule has 0 spiro atoms. The number of ether oxygens (including phenoxy) is 2. The zero-order chi connectivity index (χ0) is 36.8. The number of carbonyl (C=O) groups excluding carboxylic acids is 3. The summed E-state index contributed by atoms with van der Waals surface area (Å²) in [5.41, 5.74) is 0.167. The third kappa shape index (κ3) is 8.01. The van der Waals surface area contributed by atoms with Gasteiger partial charge in [-0.2, -0.15) is 0 Å². The van der Waals surface area contributed by atoms with Gasteiger partial charge in [0, 0.05) is 26.2 Å². The van der Waals surface area contributed by atoms with Crippen molar-refractivity contribution in [1.29, 1.82) is 0 Å². The van der Waals surface area contributed by atoms with Crippen LogP contribution in [0.5, 0.6) is 34.5 Å². The Bertz CT molecular complexity index is 1860. The first-order valence-electron chi connectivity index (χ1n) is 16.2. The Kier molecular flexibility index (Phi) is 11.0. The largest absolute Gasteiger partial charge is 0.504 e. The molecule has 16 nitrogen and oxygen atoms in total. The van der Waals surface area contributed by atoms with Crippen molar-refractivity contribution in [2.75, 3.05) is 26.2 Å². The van der Waals surface area contributed by atoms with Crippen molar-refractivity contribution in [3.8, 4) is 34.5 Å². The van der Waals surface area contributed by atoms with Gasteiger partial charge in [0.1, 0.15) is 12.2 Å². The molecule has 5 rings (SSSR count). The fourth-order valence-corrected chi connectivity index (χ4v) is 5.59. The van der Waals surface area contributed by atoms with Gasteiger partial charge in [-0.1, -0.05) is 18.2 Å². The van der Waals surface area contributed by atoms with Crippen LogP contribution in [-0.2, 0) is 19.1 Å². The summed E-state index contributed by atoms with van der Waals surface area (Å²) in [6.07, 6.45) is -0.755. The summed E-state index contributed by atoms with van der Waals surface area (Å²) in [5.74, 6) is -4.00. The fraction of sp³-hybridized carbons (Fsp3) is 0.343. The molecular formula is C35H39N5O11. The maximum absolute atomic E-state index is 13.8. The van der Waals surface area contributed by atoms with Gasteiger partial charge in [0.05, 0.1) is 16.7 Å². The van der Waals surface area contributed by atoms with Crippen LogP contribution in [0.1, 0.15) is 48.2 Å². The van der Waals surface area contributed by atoms with E-state index in [2.05, 4.69) is 20.6 Å². The summed E-state index contributed by atoms with van der Waals surface area (Å²) in [7, 11) is 0. The SMILES string of the molecule is C[C@H]1OC(c2cccc(O)c2O)=N[C@@H]1C(=O)N(CCCNC(=O)c1cccc(O)c1O)CCCNC(=O)[C@@H]1N=C(c2cccc(O)c2O)O[C@@H]1C. The number of para-hydroxylation sites is 3. The molecule has 270 valence electrons. The molecule has 0 saturated heterocycles. The Balaban J connectivity index is 1.22. The second kappa shape index (κ2) is 15.6. The standard InChI is InChI=1S/C35H39N5O11/c1-18-26(38-33(50-18)21-9-4-12-24(42)29(21)45)32(48)37-15-7-17-40(16-6-14-36-31(47)20-8-3-11-23(41)28(20)44)35(49)27-19(2)51-34(39-27)22-10-5-13-25(43)30(22)46/h3-5,8-13,18-19,26-27,41-46H,6-7,14-17H2,1-2H3,(H,36,47)(H,37,48)/t18-,19-,26-,27+/m1/s1. The average Bonchev–Trinajstić information content (AvgIpc) is 3.69. The maximum Gasteiger partial charge on any atom is 0.255 e. The molecular weight excluding hydrogens is 666 g/mol. The number of carbonyl (C=O) groups is 3. The third-order valence-electron chi connectivity index (χ3n) is 8.37. The smallest absolute Gasteiger partial charge is 0.255 e. The lowest BCUT2D eigenvalue weighted by Gasteiger charge is -2.26. The van der Waals surface area contributed by atoms with Gasteiger partial charge in [-0.3, -0.25) is 14.4 Å². The Labute approximate surface area is 292 Å². The molecule has 3 aromatic rings. The molecule has 8 N–H and O–H groups in total. The minimum absolute atomic E-state index is 0.00786. The van der Waals surface area contributed by atoms with Crippen molar-refractivity contribution in [2.24, 2.45) is 9.98 Å². The number of benzene rings is 3. The Morgan fingerprint density at radius 1 is 0.667 bits per heavy atom. The second-order valence-electron chi connectivity index (χ2n) is 12.0. The molecule has 4 atom stereocenters. The number of hydrogen-bond donors (Lipinski definition) is 8. The molecule has 2 heterocycles. The molecule has 2 aliphatic rings. The number of aromatic hydroxyl groups is 6. The highest BCUT2D eigenvalue weighted by Gasteiger charge is 2.38. The highest BCUT2D eigenvalue weighted by atomic mass is 16.5. The van der Waals surface area contributed by atoms with E-state index in [1.54, 1.807) is 13.8 Å². The molecule has 0 unspecified atom stereocenters. The lowest BCUT2D eigenvalue weighted by Crippen LogP contribution is -2.44. The van der Waals surface area contributed by atoms with Crippen LogP contribution in [0.3, 0.4) is 0 Å². The number of phenolic OH excluding ortho intramolecular Hbond substituents is 6. The molecule has 3 aromatic carbocycles. The van der Waals surface area contributed by atoms with E-state index in [1.165, 1.54) is 59.5 Å². The van der Waals surface area contributed by atoms with Crippen molar-refractivity contribution >= 4 is 29.5 Å². The Morgan fingerprint density at radius 2 is 1.14 bits per heavy atom. The van der Waals surface area contributed by atoms with Crippen LogP contribution < -0.4 is 10.6 Å². The van der Waals surface area contributed by atoms with Gasteiger partial charge in [0.2, 0.25) is 17.7 Å². The van der Waals surface area contributed by atoms with Gasteiger partial charge in [-0.05, 0) is 63.1 Å². The van der Waals surface area contributed by atoms with Crippen LogP contribution in [0.2, 0.25) is 0 Å². The summed E-state index contributed by atoms with van der Waals surface area (Å²) in [4.78, 5) is 49.7. The molecule has 0 aliphatic carbocycles. The molecule has 0 aromatic heterocycles. The first-order valence-corrected chi connectivity index (χ1v) is 16.2. The lowest BCUT2D eigenvalue weighted by molar-refractivity contribution is -0.134. The van der Waals surface area contributed by atoms with Crippen molar-refractivity contribution < 1.29 is 54.5 Å². The Morgan fingerprint density at radius 3 is 1.71 bits per heavy atom. The first-order chi connectivity index (χ1) is 24.4. The van der Waals surface area contributed by atoms with Crippen LogP contribution in [0.25, 0.3) is 0 Å². The molecule has 0 saturated carbocycles. The molecule has 3 amide bonds. The minimum atomic E-state index is -0.992. The number of hydrogen-bond acceptors (Lipinski definition) is 13. The first kappa shape index (κ1) is 36.1.